The highest BCUT2D eigenvalue weighted by molar-refractivity contribution is 7.98. The molecular formula is C13H20ClN3OS. The predicted octanol–water partition coefficient (Wildman–Crippen LogP) is 2.38. The summed E-state index contributed by atoms with van der Waals surface area (Å²) in [5, 5.41) is 7.16. The molecule has 106 valence electrons. The molecule has 2 N–H and O–H groups in total. The van der Waals surface area contributed by atoms with Gasteiger partial charge in [-0.1, -0.05) is 17.7 Å². The highest BCUT2D eigenvalue weighted by Gasteiger charge is 2.04. The number of hydrogen-bond acceptors (Lipinski definition) is 3. The fraction of sp³-hybridized carbons (Fsp3) is 0.462. The van der Waals surface area contributed by atoms with Gasteiger partial charge < -0.3 is 15.4 Å². The fourth-order valence-electron chi connectivity index (χ4n) is 1.54. The summed E-state index contributed by atoms with van der Waals surface area (Å²) in [5.74, 6) is 2.61. The van der Waals surface area contributed by atoms with Gasteiger partial charge in [0.15, 0.2) is 5.96 Å². The molecule has 0 amide bonds. The number of benzene rings is 1. The third-order valence-electron chi connectivity index (χ3n) is 2.52. The molecule has 0 heterocycles. The van der Waals surface area contributed by atoms with Crippen molar-refractivity contribution in [1.82, 2.24) is 10.6 Å². The van der Waals surface area contributed by atoms with Crippen molar-refractivity contribution in [3.63, 3.8) is 0 Å². The molecule has 0 unspecified atom stereocenters. The average Bonchev–Trinajstić information content (AvgIpc) is 2.43. The van der Waals surface area contributed by atoms with Crippen molar-refractivity contribution >= 4 is 29.3 Å². The average molecular weight is 302 g/mol. The smallest absolute Gasteiger partial charge is 0.191 e. The van der Waals surface area contributed by atoms with Crippen molar-refractivity contribution in [2.45, 2.75) is 6.54 Å². The van der Waals surface area contributed by atoms with Crippen molar-refractivity contribution in [2.24, 2.45) is 4.99 Å². The molecule has 0 aliphatic rings. The third-order valence-corrected chi connectivity index (χ3v) is 3.37. The lowest BCUT2D eigenvalue weighted by Crippen LogP contribution is -2.38. The van der Waals surface area contributed by atoms with E-state index in [0.717, 1.165) is 29.6 Å². The zero-order valence-electron chi connectivity index (χ0n) is 11.5. The summed E-state index contributed by atoms with van der Waals surface area (Å²) in [6, 6.07) is 5.61. The molecule has 0 spiro atoms. The van der Waals surface area contributed by atoms with Crippen LogP contribution in [0.25, 0.3) is 0 Å². The van der Waals surface area contributed by atoms with E-state index in [1.54, 1.807) is 25.9 Å². The number of ether oxygens (including phenoxy) is 1. The number of rotatable bonds is 6. The van der Waals surface area contributed by atoms with Crippen LogP contribution >= 0.6 is 23.4 Å². The number of aliphatic imine (C=N–C) groups is 1. The highest BCUT2D eigenvalue weighted by atomic mass is 35.5. The molecule has 4 nitrogen and oxygen atoms in total. The number of nitrogens with one attached hydrogen (secondary N) is 2. The lowest BCUT2D eigenvalue weighted by molar-refractivity contribution is 0.409. The van der Waals surface area contributed by atoms with Crippen LogP contribution in [0.5, 0.6) is 5.75 Å². The van der Waals surface area contributed by atoms with Gasteiger partial charge >= 0.3 is 0 Å². The van der Waals surface area contributed by atoms with Crippen molar-refractivity contribution < 1.29 is 4.74 Å². The monoisotopic (exact) mass is 301 g/mol. The number of thioether (sulfide) groups is 1. The second kappa shape index (κ2) is 8.93. The molecule has 1 rings (SSSR count). The van der Waals surface area contributed by atoms with Crippen molar-refractivity contribution in [2.75, 3.05) is 32.7 Å². The van der Waals surface area contributed by atoms with Gasteiger partial charge in [0.1, 0.15) is 5.75 Å². The molecule has 19 heavy (non-hydrogen) atoms. The molecule has 6 heteroatoms. The first kappa shape index (κ1) is 16.0. The SMILES string of the molecule is CN=C(NCCSC)NCc1ccc(Cl)cc1OC. The molecule has 0 aliphatic carbocycles. The number of guanidine groups is 1. The second-order valence-electron chi connectivity index (χ2n) is 3.80. The molecule has 0 radical (unpaired) electrons. The molecule has 0 atom stereocenters. The summed E-state index contributed by atoms with van der Waals surface area (Å²) in [6.07, 6.45) is 2.08. The van der Waals surface area contributed by atoms with E-state index in [2.05, 4.69) is 21.9 Å². The summed E-state index contributed by atoms with van der Waals surface area (Å²) < 4.78 is 5.30. The van der Waals surface area contributed by atoms with Crippen LogP contribution in [-0.4, -0.2) is 38.7 Å². The van der Waals surface area contributed by atoms with E-state index in [1.165, 1.54) is 0 Å². The van der Waals surface area contributed by atoms with Gasteiger partial charge in [-0.25, -0.2) is 0 Å². The zero-order chi connectivity index (χ0) is 14.1. The summed E-state index contributed by atoms with van der Waals surface area (Å²) in [7, 11) is 3.40. The Morgan fingerprint density at radius 3 is 2.84 bits per heavy atom. The quantitative estimate of drug-likeness (QED) is 0.481. The maximum Gasteiger partial charge on any atom is 0.191 e. The van der Waals surface area contributed by atoms with E-state index in [9.17, 15) is 0 Å². The zero-order valence-corrected chi connectivity index (χ0v) is 13.1. The lowest BCUT2D eigenvalue weighted by atomic mass is 10.2. The molecule has 0 saturated heterocycles. The first-order valence-electron chi connectivity index (χ1n) is 5.97. The van der Waals surface area contributed by atoms with Crippen molar-refractivity contribution in [3.05, 3.63) is 28.8 Å². The maximum atomic E-state index is 5.93. The minimum atomic E-state index is 0.638. The Kier molecular flexibility index (Phi) is 7.52. The van der Waals surface area contributed by atoms with Crippen LogP contribution in [0.15, 0.2) is 23.2 Å². The first-order chi connectivity index (χ1) is 9.21. The van der Waals surface area contributed by atoms with E-state index >= 15 is 0 Å². The number of halogens is 1. The van der Waals surface area contributed by atoms with Gasteiger partial charge in [0.25, 0.3) is 0 Å². The van der Waals surface area contributed by atoms with Gasteiger partial charge in [-0.05, 0) is 18.4 Å². The van der Waals surface area contributed by atoms with Crippen LogP contribution in [0.2, 0.25) is 5.02 Å². The Bertz CT molecular complexity index is 426. The van der Waals surface area contributed by atoms with Gasteiger partial charge in [0.2, 0.25) is 0 Å². The largest absolute Gasteiger partial charge is 0.496 e. The van der Waals surface area contributed by atoms with Crippen LogP contribution in [0.1, 0.15) is 5.56 Å². The number of methoxy groups -OCH3 is 1. The third kappa shape index (κ3) is 5.61. The van der Waals surface area contributed by atoms with Gasteiger partial charge in [-0.15, -0.1) is 0 Å². The molecule has 1 aromatic rings. The van der Waals surface area contributed by atoms with Crippen LogP contribution in [0, 0.1) is 0 Å². The lowest BCUT2D eigenvalue weighted by Gasteiger charge is -2.13. The molecule has 0 saturated carbocycles. The Labute approximate surface area is 124 Å². The molecule has 0 bridgehead atoms. The summed E-state index contributed by atoms with van der Waals surface area (Å²) >= 11 is 7.73. The minimum Gasteiger partial charge on any atom is -0.496 e. The summed E-state index contributed by atoms with van der Waals surface area (Å²) in [6.45, 7) is 1.53. The van der Waals surface area contributed by atoms with E-state index in [-0.39, 0.29) is 0 Å². The Morgan fingerprint density at radius 1 is 1.42 bits per heavy atom. The molecule has 0 aliphatic heterocycles. The fourth-order valence-corrected chi connectivity index (χ4v) is 2.00. The first-order valence-corrected chi connectivity index (χ1v) is 7.74. The molecule has 1 aromatic carbocycles. The normalized spacial score (nSPS) is 11.3. The highest BCUT2D eigenvalue weighted by Crippen LogP contribution is 2.22. The molecule has 0 fully saturated rings. The van der Waals surface area contributed by atoms with Gasteiger partial charge in [-0.2, -0.15) is 11.8 Å². The van der Waals surface area contributed by atoms with E-state index < -0.39 is 0 Å². The summed E-state index contributed by atoms with van der Waals surface area (Å²) in [5.41, 5.74) is 1.04. The van der Waals surface area contributed by atoms with Gasteiger partial charge in [0.05, 0.1) is 7.11 Å². The second-order valence-corrected chi connectivity index (χ2v) is 5.22. The molecular weight excluding hydrogens is 282 g/mol. The number of hydrogen-bond donors (Lipinski definition) is 2. The van der Waals surface area contributed by atoms with Crippen LogP contribution in [0.4, 0.5) is 0 Å². The van der Waals surface area contributed by atoms with E-state index in [1.807, 2.05) is 18.2 Å². The van der Waals surface area contributed by atoms with Crippen molar-refractivity contribution in [3.8, 4) is 5.75 Å². The standard InChI is InChI=1S/C13H20ClN3OS/c1-15-13(16-6-7-19-3)17-9-10-4-5-11(14)8-12(10)18-2/h4-5,8H,6-7,9H2,1-3H3,(H2,15,16,17). The van der Waals surface area contributed by atoms with E-state index in [4.69, 9.17) is 16.3 Å². The van der Waals surface area contributed by atoms with Crippen molar-refractivity contribution in [1.29, 1.82) is 0 Å². The van der Waals surface area contributed by atoms with Gasteiger partial charge in [-0.3, -0.25) is 4.99 Å². The van der Waals surface area contributed by atoms with Crippen LogP contribution < -0.4 is 15.4 Å². The minimum absolute atomic E-state index is 0.638. The topological polar surface area (TPSA) is 45.7 Å². The van der Waals surface area contributed by atoms with E-state index in [0.29, 0.717) is 11.6 Å². The maximum absolute atomic E-state index is 5.93. The Morgan fingerprint density at radius 2 is 2.21 bits per heavy atom. The van der Waals surface area contributed by atoms with Gasteiger partial charge in [0, 0.05) is 36.5 Å². The summed E-state index contributed by atoms with van der Waals surface area (Å²) in [4.78, 5) is 4.17. The van der Waals surface area contributed by atoms with Crippen LogP contribution in [-0.2, 0) is 6.54 Å². The van der Waals surface area contributed by atoms with Crippen LogP contribution in [0.3, 0.4) is 0 Å². The Balaban J connectivity index is 2.55. The predicted molar refractivity (Wildman–Crippen MR) is 84.6 cm³/mol. The molecule has 0 aromatic heterocycles. The Hall–Kier alpha value is -1.07. The number of nitrogens with zero attached hydrogens (tertiary/aromatic N) is 1.